The monoisotopic (exact) mass is 606 g/mol. The molecule has 0 aromatic heterocycles. The maximum atomic E-state index is 2.55. The summed E-state index contributed by atoms with van der Waals surface area (Å²) < 4.78 is 0. The molecular formula is C48H30. The predicted molar refractivity (Wildman–Crippen MR) is 204 cm³/mol. The van der Waals surface area contributed by atoms with Gasteiger partial charge in [-0.25, -0.2) is 0 Å². The smallest absolute Gasteiger partial charge is 0.000683 e. The van der Waals surface area contributed by atoms with Crippen molar-refractivity contribution >= 4 is 43.1 Å². The van der Waals surface area contributed by atoms with Crippen molar-refractivity contribution < 1.29 is 0 Å². The molecule has 48 heavy (non-hydrogen) atoms. The van der Waals surface area contributed by atoms with Crippen LogP contribution >= 0.6 is 0 Å². The Labute approximate surface area is 279 Å². The largest absolute Gasteiger partial charge is 0.0616 e. The van der Waals surface area contributed by atoms with E-state index in [1.165, 1.54) is 110 Å². The molecule has 0 N–H and O–H groups in total. The molecule has 0 heteroatoms. The van der Waals surface area contributed by atoms with Crippen molar-refractivity contribution in [1.29, 1.82) is 0 Å². The second-order valence-electron chi connectivity index (χ2n) is 13.5. The number of rotatable bonds is 0. The van der Waals surface area contributed by atoms with Gasteiger partial charge in [-0.2, -0.15) is 0 Å². The lowest BCUT2D eigenvalue weighted by molar-refractivity contribution is 1.19. The van der Waals surface area contributed by atoms with Crippen LogP contribution in [-0.4, -0.2) is 0 Å². The fraction of sp³-hybridized carbons (Fsp3) is 0.0417. The molecule has 0 spiro atoms. The van der Waals surface area contributed by atoms with Gasteiger partial charge in [-0.3, -0.25) is 0 Å². The van der Waals surface area contributed by atoms with Gasteiger partial charge in [-0.05, 0) is 135 Å². The van der Waals surface area contributed by atoms with Crippen LogP contribution in [0.25, 0.3) is 87.6 Å². The first-order valence-corrected chi connectivity index (χ1v) is 17.0. The van der Waals surface area contributed by atoms with E-state index in [0.717, 1.165) is 12.8 Å². The van der Waals surface area contributed by atoms with Gasteiger partial charge >= 0.3 is 0 Å². The molecule has 0 nitrogen and oxygen atoms in total. The summed E-state index contributed by atoms with van der Waals surface area (Å²) in [7, 11) is 0. The quantitative estimate of drug-likeness (QED) is 0.151. The van der Waals surface area contributed by atoms with E-state index in [2.05, 4.69) is 158 Å². The molecule has 222 valence electrons. The molecule has 0 saturated carbocycles. The second-order valence-corrected chi connectivity index (χ2v) is 13.5. The Bertz CT molecular complexity index is 2640. The summed E-state index contributed by atoms with van der Waals surface area (Å²) in [4.78, 5) is 0. The van der Waals surface area contributed by atoms with Gasteiger partial charge in [0.2, 0.25) is 0 Å². The van der Waals surface area contributed by atoms with Crippen LogP contribution in [0.4, 0.5) is 0 Å². The van der Waals surface area contributed by atoms with E-state index in [-0.39, 0.29) is 0 Å². The molecule has 0 saturated heterocycles. The molecular weight excluding hydrogens is 577 g/mol. The molecule has 9 aromatic rings. The van der Waals surface area contributed by atoms with Gasteiger partial charge in [0.25, 0.3) is 0 Å². The van der Waals surface area contributed by atoms with Crippen molar-refractivity contribution in [2.24, 2.45) is 0 Å². The van der Waals surface area contributed by atoms with Crippen molar-refractivity contribution in [2.75, 3.05) is 0 Å². The number of fused-ring (bicyclic) bond motifs is 20. The van der Waals surface area contributed by atoms with Crippen LogP contribution in [0.15, 0.2) is 158 Å². The average molecular weight is 607 g/mol. The molecule has 2 aliphatic carbocycles. The number of benzene rings is 9. The Morgan fingerprint density at radius 3 is 0.938 bits per heavy atom. The fourth-order valence-corrected chi connectivity index (χ4v) is 9.15. The van der Waals surface area contributed by atoms with Crippen LogP contribution in [0.2, 0.25) is 0 Å². The van der Waals surface area contributed by atoms with Crippen LogP contribution in [0, 0.1) is 0 Å². The normalized spacial score (nSPS) is 12.8. The third-order valence-electron chi connectivity index (χ3n) is 11.1. The molecule has 0 aliphatic heterocycles. The summed E-state index contributed by atoms with van der Waals surface area (Å²) >= 11 is 0. The molecule has 0 amide bonds. The molecule has 0 atom stereocenters. The van der Waals surface area contributed by atoms with Crippen LogP contribution in [0.1, 0.15) is 22.3 Å². The Kier molecular flexibility index (Phi) is 5.32. The van der Waals surface area contributed by atoms with E-state index in [9.17, 15) is 0 Å². The Balaban J connectivity index is 1.26. The van der Waals surface area contributed by atoms with Gasteiger partial charge in [0, 0.05) is 0 Å². The van der Waals surface area contributed by atoms with Crippen molar-refractivity contribution in [3.8, 4) is 44.5 Å². The minimum Gasteiger partial charge on any atom is -0.0616 e. The second kappa shape index (κ2) is 9.77. The molecule has 11 rings (SSSR count). The molecule has 0 fully saturated rings. The Hall–Kier alpha value is -5.98. The van der Waals surface area contributed by atoms with E-state index in [4.69, 9.17) is 0 Å². The van der Waals surface area contributed by atoms with Gasteiger partial charge in [0.05, 0.1) is 0 Å². The van der Waals surface area contributed by atoms with Crippen molar-refractivity contribution in [1.82, 2.24) is 0 Å². The lowest BCUT2D eigenvalue weighted by Gasteiger charge is -2.17. The lowest BCUT2D eigenvalue weighted by atomic mass is 9.86. The van der Waals surface area contributed by atoms with Crippen molar-refractivity contribution in [3.63, 3.8) is 0 Å². The molecule has 0 bridgehead atoms. The summed E-state index contributed by atoms with van der Waals surface area (Å²) in [6, 6.07) is 59.4. The minimum absolute atomic E-state index is 0.888. The van der Waals surface area contributed by atoms with Crippen LogP contribution < -0.4 is 0 Å². The van der Waals surface area contributed by atoms with Crippen LogP contribution in [0.5, 0.6) is 0 Å². The van der Waals surface area contributed by atoms with Gasteiger partial charge < -0.3 is 0 Å². The van der Waals surface area contributed by atoms with E-state index >= 15 is 0 Å². The molecule has 0 heterocycles. The standard InChI is InChI=1S/C48H30/c1-3-17-35-31(13-1)33-15-5-9-21-39(33)47-41-23-11-7-19-37(41)43-26-30-28-46-36-18-4-2-14-32(36)34-16-6-10-22-40(34)48(46)42-24-12-8-20-38(42)44(30)25-29(43)27-45(35)47/h1-26H,27-28H2. The van der Waals surface area contributed by atoms with E-state index in [0.29, 0.717) is 0 Å². The van der Waals surface area contributed by atoms with Crippen molar-refractivity contribution in [3.05, 3.63) is 180 Å². The van der Waals surface area contributed by atoms with Gasteiger partial charge in [-0.1, -0.05) is 146 Å². The van der Waals surface area contributed by atoms with Crippen LogP contribution in [-0.2, 0) is 12.8 Å². The average Bonchev–Trinajstić information content (AvgIpc) is 3.39. The molecule has 0 radical (unpaired) electrons. The van der Waals surface area contributed by atoms with Gasteiger partial charge in [0.15, 0.2) is 0 Å². The molecule has 9 aromatic carbocycles. The topological polar surface area (TPSA) is 0 Å². The SMILES string of the molecule is c1ccc2c(c1)-c1cc3c(cc1Cc1c-2c2ccccc2c2ccccc12)-c1ccccc1-c1c(c2ccccc2c2ccccc12)C3. The maximum absolute atomic E-state index is 2.55. The summed E-state index contributed by atoms with van der Waals surface area (Å²) in [5.74, 6) is 0. The van der Waals surface area contributed by atoms with Gasteiger partial charge in [-0.15, -0.1) is 0 Å². The zero-order valence-electron chi connectivity index (χ0n) is 26.4. The summed E-state index contributed by atoms with van der Waals surface area (Å²) in [5.41, 5.74) is 16.5. The lowest BCUT2D eigenvalue weighted by Crippen LogP contribution is -1.98. The van der Waals surface area contributed by atoms with E-state index in [1.807, 2.05) is 0 Å². The first kappa shape index (κ1) is 26.1. The number of hydrogen-bond acceptors (Lipinski definition) is 0. The first-order chi connectivity index (χ1) is 23.8. The minimum atomic E-state index is 0.888. The van der Waals surface area contributed by atoms with Gasteiger partial charge in [0.1, 0.15) is 0 Å². The Morgan fingerprint density at radius 2 is 0.542 bits per heavy atom. The predicted octanol–water partition coefficient (Wildman–Crippen LogP) is 12.8. The Morgan fingerprint density at radius 1 is 0.250 bits per heavy atom. The first-order valence-electron chi connectivity index (χ1n) is 17.0. The maximum Gasteiger partial charge on any atom is -0.000683 e. The molecule has 2 aliphatic rings. The highest BCUT2D eigenvalue weighted by Gasteiger charge is 2.28. The highest BCUT2D eigenvalue weighted by Crippen LogP contribution is 2.51. The third-order valence-corrected chi connectivity index (χ3v) is 11.1. The van der Waals surface area contributed by atoms with Crippen LogP contribution in [0.3, 0.4) is 0 Å². The fourth-order valence-electron chi connectivity index (χ4n) is 9.15. The summed E-state index contributed by atoms with van der Waals surface area (Å²) in [5, 5.41) is 10.7. The summed E-state index contributed by atoms with van der Waals surface area (Å²) in [6.45, 7) is 0. The zero-order valence-corrected chi connectivity index (χ0v) is 26.4. The molecule has 0 unspecified atom stereocenters. The number of hydrogen-bond donors (Lipinski definition) is 0. The summed E-state index contributed by atoms with van der Waals surface area (Å²) in [6.07, 6.45) is 1.78. The van der Waals surface area contributed by atoms with E-state index in [1.54, 1.807) is 0 Å². The highest BCUT2D eigenvalue weighted by atomic mass is 14.3. The zero-order chi connectivity index (χ0) is 31.3. The third kappa shape index (κ3) is 3.50. The highest BCUT2D eigenvalue weighted by molar-refractivity contribution is 6.19. The van der Waals surface area contributed by atoms with E-state index < -0.39 is 0 Å². The van der Waals surface area contributed by atoms with Crippen molar-refractivity contribution in [2.45, 2.75) is 12.8 Å².